The third kappa shape index (κ3) is 4.98. The molecule has 0 aliphatic carbocycles. The van der Waals surface area contributed by atoms with Crippen molar-refractivity contribution in [1.82, 2.24) is 15.5 Å². The first-order valence-electron chi connectivity index (χ1n) is 7.52. The minimum atomic E-state index is -4.75. The summed E-state index contributed by atoms with van der Waals surface area (Å²) in [7, 11) is 0. The van der Waals surface area contributed by atoms with Gasteiger partial charge in [-0.1, -0.05) is 29.4 Å². The number of carbonyl (C=O) groups excluding carboxylic acids is 3. The van der Waals surface area contributed by atoms with Crippen LogP contribution in [0.2, 0.25) is 0 Å². The lowest BCUT2D eigenvalue weighted by Gasteiger charge is -2.03. The number of carbonyl (C=O) groups is 3. The first-order chi connectivity index (χ1) is 12.2. The molecule has 138 valence electrons. The van der Waals surface area contributed by atoms with Crippen LogP contribution in [0.15, 0.2) is 28.8 Å². The fourth-order valence-corrected chi connectivity index (χ4v) is 2.01. The predicted molar refractivity (Wildman–Crippen MR) is 82.0 cm³/mol. The van der Waals surface area contributed by atoms with Gasteiger partial charge in [0.1, 0.15) is 0 Å². The summed E-state index contributed by atoms with van der Waals surface area (Å²) in [4.78, 5) is 37.8. The molecule has 1 aromatic heterocycles. The van der Waals surface area contributed by atoms with Crippen molar-refractivity contribution < 1.29 is 32.1 Å². The van der Waals surface area contributed by atoms with Crippen molar-refractivity contribution in [2.24, 2.45) is 0 Å². The van der Waals surface area contributed by atoms with Crippen LogP contribution in [0, 0.1) is 0 Å². The minimum Gasteiger partial charge on any atom is -0.356 e. The fourth-order valence-electron chi connectivity index (χ4n) is 2.01. The van der Waals surface area contributed by atoms with Crippen LogP contribution < -0.4 is 5.32 Å². The average Bonchev–Trinajstić information content (AvgIpc) is 3.08. The molecule has 2 aromatic rings. The van der Waals surface area contributed by atoms with Gasteiger partial charge in [0.25, 0.3) is 0 Å². The molecular weight excluding hydrogens is 355 g/mol. The van der Waals surface area contributed by atoms with Crippen LogP contribution in [0.5, 0.6) is 0 Å². The van der Waals surface area contributed by atoms with Crippen molar-refractivity contribution in [3.63, 3.8) is 0 Å². The van der Waals surface area contributed by atoms with Crippen molar-refractivity contribution in [2.45, 2.75) is 25.9 Å². The molecule has 1 amide bonds. The van der Waals surface area contributed by atoms with Crippen LogP contribution >= 0.6 is 0 Å². The second-order valence-corrected chi connectivity index (χ2v) is 5.34. The number of rotatable bonds is 7. The molecule has 0 aliphatic heterocycles. The van der Waals surface area contributed by atoms with Crippen molar-refractivity contribution in [3.8, 4) is 11.4 Å². The van der Waals surface area contributed by atoms with E-state index in [1.807, 2.05) is 0 Å². The second kappa shape index (κ2) is 7.89. The van der Waals surface area contributed by atoms with Gasteiger partial charge in [-0.25, -0.2) is 0 Å². The van der Waals surface area contributed by atoms with E-state index in [1.165, 1.54) is 31.2 Å². The maximum absolute atomic E-state index is 12.4. The van der Waals surface area contributed by atoms with E-state index in [0.717, 1.165) is 0 Å². The molecular formula is C16H14F3N3O4. The number of amides is 1. The zero-order valence-corrected chi connectivity index (χ0v) is 13.6. The standard InChI is InChI=1S/C16H14F3N3O4/c1-9(23)20-8-2-3-12(24)13(25)10-4-6-11(7-5-10)14-21-15(26-22-14)16(17,18)19/h4-7H,2-3,8H2,1H3,(H,20,23). The predicted octanol–water partition coefficient (Wildman–Crippen LogP) is 2.42. The molecule has 0 saturated carbocycles. The molecule has 0 aliphatic rings. The SMILES string of the molecule is CC(=O)NCCCC(=O)C(=O)c1ccc(-c2noc(C(F)(F)F)n2)cc1. The molecule has 1 N–H and O–H groups in total. The number of nitrogens with one attached hydrogen (secondary N) is 1. The molecule has 0 unspecified atom stereocenters. The molecule has 0 fully saturated rings. The van der Waals surface area contributed by atoms with Gasteiger partial charge in [-0.05, 0) is 6.42 Å². The largest absolute Gasteiger partial charge is 0.471 e. The number of hydrogen-bond acceptors (Lipinski definition) is 6. The van der Waals surface area contributed by atoms with Gasteiger partial charge in [0.15, 0.2) is 0 Å². The summed E-state index contributed by atoms with van der Waals surface area (Å²) in [5.41, 5.74) is 0.303. The van der Waals surface area contributed by atoms with Crippen molar-refractivity contribution in [2.75, 3.05) is 6.54 Å². The first-order valence-corrected chi connectivity index (χ1v) is 7.52. The summed E-state index contributed by atoms with van der Waals surface area (Å²) in [6.07, 6.45) is -4.45. The van der Waals surface area contributed by atoms with Crippen LogP contribution in [0.4, 0.5) is 13.2 Å². The van der Waals surface area contributed by atoms with Crippen LogP contribution in [0.3, 0.4) is 0 Å². The van der Waals surface area contributed by atoms with Crippen LogP contribution in [-0.4, -0.2) is 34.2 Å². The Morgan fingerprint density at radius 2 is 1.81 bits per heavy atom. The molecule has 0 atom stereocenters. The molecule has 0 spiro atoms. The summed E-state index contributed by atoms with van der Waals surface area (Å²) in [6.45, 7) is 1.63. The Kier molecular flexibility index (Phi) is 5.86. The van der Waals surface area contributed by atoms with E-state index in [2.05, 4.69) is 20.0 Å². The summed E-state index contributed by atoms with van der Waals surface area (Å²) in [5.74, 6) is -3.32. The molecule has 2 rings (SSSR count). The van der Waals surface area contributed by atoms with Gasteiger partial charge in [0.05, 0.1) is 0 Å². The highest BCUT2D eigenvalue weighted by Gasteiger charge is 2.38. The van der Waals surface area contributed by atoms with E-state index in [0.29, 0.717) is 6.42 Å². The van der Waals surface area contributed by atoms with Gasteiger partial charge in [-0.3, -0.25) is 14.4 Å². The van der Waals surface area contributed by atoms with Gasteiger partial charge in [0, 0.05) is 31.0 Å². The highest BCUT2D eigenvalue weighted by Crippen LogP contribution is 2.29. The Balaban J connectivity index is 2.00. The van der Waals surface area contributed by atoms with Crippen molar-refractivity contribution in [1.29, 1.82) is 0 Å². The number of Topliss-reactive ketones (excluding diaryl/α,β-unsaturated/α-hetero) is 2. The number of hydrogen-bond donors (Lipinski definition) is 1. The Hall–Kier alpha value is -3.04. The van der Waals surface area contributed by atoms with Gasteiger partial charge in [-0.2, -0.15) is 18.2 Å². The van der Waals surface area contributed by atoms with E-state index in [-0.39, 0.29) is 35.8 Å². The summed E-state index contributed by atoms with van der Waals surface area (Å²) < 4.78 is 41.5. The lowest BCUT2D eigenvalue weighted by molar-refractivity contribution is -0.159. The normalized spacial score (nSPS) is 11.2. The summed E-state index contributed by atoms with van der Waals surface area (Å²) in [5, 5.41) is 5.75. The van der Waals surface area contributed by atoms with Gasteiger partial charge < -0.3 is 9.84 Å². The number of halogens is 3. The molecule has 10 heteroatoms. The fraction of sp³-hybridized carbons (Fsp3) is 0.312. The average molecular weight is 369 g/mol. The van der Waals surface area contributed by atoms with E-state index >= 15 is 0 Å². The number of alkyl halides is 3. The van der Waals surface area contributed by atoms with Crippen LogP contribution in [0.25, 0.3) is 11.4 Å². The highest BCUT2D eigenvalue weighted by molar-refractivity contribution is 6.43. The lowest BCUT2D eigenvalue weighted by atomic mass is 10.0. The van der Waals surface area contributed by atoms with Gasteiger partial charge >= 0.3 is 12.1 Å². The maximum Gasteiger partial charge on any atom is 0.471 e. The lowest BCUT2D eigenvalue weighted by Crippen LogP contribution is -2.22. The number of aromatic nitrogens is 2. The third-order valence-corrected chi connectivity index (χ3v) is 3.28. The van der Waals surface area contributed by atoms with Gasteiger partial charge in [0.2, 0.25) is 23.3 Å². The minimum absolute atomic E-state index is 0.0271. The topological polar surface area (TPSA) is 102 Å². The smallest absolute Gasteiger partial charge is 0.356 e. The molecule has 7 nitrogen and oxygen atoms in total. The summed E-state index contributed by atoms with van der Waals surface area (Å²) in [6, 6.07) is 5.24. The Morgan fingerprint density at radius 1 is 1.15 bits per heavy atom. The van der Waals surface area contributed by atoms with Crippen LogP contribution in [0.1, 0.15) is 36.0 Å². The number of ketones is 2. The number of benzene rings is 1. The molecule has 1 aromatic carbocycles. The zero-order chi connectivity index (χ0) is 19.3. The van der Waals surface area contributed by atoms with E-state index in [9.17, 15) is 27.6 Å². The number of nitrogens with zero attached hydrogens (tertiary/aromatic N) is 2. The molecule has 1 heterocycles. The zero-order valence-electron chi connectivity index (χ0n) is 13.6. The van der Waals surface area contributed by atoms with E-state index in [1.54, 1.807) is 0 Å². The Morgan fingerprint density at radius 3 is 2.35 bits per heavy atom. The summed E-state index contributed by atoms with van der Waals surface area (Å²) >= 11 is 0. The molecule has 0 radical (unpaired) electrons. The van der Waals surface area contributed by atoms with E-state index in [4.69, 9.17) is 0 Å². The quantitative estimate of drug-likeness (QED) is 0.457. The molecule has 0 saturated heterocycles. The first kappa shape index (κ1) is 19.3. The monoisotopic (exact) mass is 369 g/mol. The third-order valence-electron chi connectivity index (χ3n) is 3.28. The molecule has 0 bridgehead atoms. The second-order valence-electron chi connectivity index (χ2n) is 5.34. The van der Waals surface area contributed by atoms with E-state index < -0.39 is 23.6 Å². The van der Waals surface area contributed by atoms with Gasteiger partial charge in [-0.15, -0.1) is 0 Å². The highest BCUT2D eigenvalue weighted by atomic mass is 19.4. The van der Waals surface area contributed by atoms with Crippen molar-refractivity contribution in [3.05, 3.63) is 35.7 Å². The Bertz CT molecular complexity index is 813. The molecule has 26 heavy (non-hydrogen) atoms. The Labute approximate surface area is 145 Å². The van der Waals surface area contributed by atoms with Crippen LogP contribution in [-0.2, 0) is 15.8 Å². The maximum atomic E-state index is 12.4. The van der Waals surface area contributed by atoms with Crippen molar-refractivity contribution >= 4 is 17.5 Å².